The summed E-state index contributed by atoms with van der Waals surface area (Å²) in [5.74, 6) is 2.25. The second-order valence-corrected chi connectivity index (χ2v) is 4.78. The summed E-state index contributed by atoms with van der Waals surface area (Å²) in [4.78, 5) is 0. The van der Waals surface area contributed by atoms with E-state index in [1.54, 1.807) is 19.3 Å². The smallest absolute Gasteiger partial charge is 0.0209 e. The zero-order valence-electron chi connectivity index (χ0n) is 6.28. The van der Waals surface area contributed by atoms with Crippen LogP contribution in [0.2, 0.25) is 0 Å². The van der Waals surface area contributed by atoms with Crippen molar-refractivity contribution in [3.8, 4) is 0 Å². The summed E-state index contributed by atoms with van der Waals surface area (Å²) in [5.41, 5.74) is 1.77. The van der Waals surface area contributed by atoms with Crippen LogP contribution in [-0.2, 0) is 0 Å². The van der Waals surface area contributed by atoms with Crippen LogP contribution in [-0.4, -0.2) is 0 Å². The van der Waals surface area contributed by atoms with Crippen LogP contribution in [0.25, 0.3) is 0 Å². The molecule has 3 fully saturated rings. The average molecular weight is 122 g/mol. The summed E-state index contributed by atoms with van der Waals surface area (Å²) in [7, 11) is 0. The molecule has 0 bridgehead atoms. The first kappa shape index (κ1) is 4.76. The van der Waals surface area contributed by atoms with Crippen LogP contribution in [0.5, 0.6) is 0 Å². The third-order valence-corrected chi connectivity index (χ3v) is 4.61. The summed E-state index contributed by atoms with van der Waals surface area (Å²) < 4.78 is 0. The molecule has 0 radical (unpaired) electrons. The van der Waals surface area contributed by atoms with Gasteiger partial charge in [-0.15, -0.1) is 0 Å². The Hall–Kier alpha value is 0. The number of fused-ring (bicyclic) bond motifs is 2. The molecule has 0 aromatic carbocycles. The Morgan fingerprint density at radius 1 is 1.22 bits per heavy atom. The first-order valence-corrected chi connectivity index (χ1v) is 4.19. The number of hydrogen-bond donors (Lipinski definition) is 0. The highest BCUT2D eigenvalue weighted by Gasteiger charge is 2.80. The molecule has 0 N–H and O–H groups in total. The quantitative estimate of drug-likeness (QED) is 0.463. The van der Waals surface area contributed by atoms with Crippen LogP contribution < -0.4 is 0 Å². The molecule has 3 saturated carbocycles. The maximum atomic E-state index is 2.50. The summed E-state index contributed by atoms with van der Waals surface area (Å²) in [5, 5.41) is 0. The van der Waals surface area contributed by atoms with E-state index in [0.717, 1.165) is 16.7 Å². The molecule has 3 rings (SSSR count). The highest BCUT2D eigenvalue weighted by atomic mass is 14.8. The number of hydrogen-bond acceptors (Lipinski definition) is 0. The highest BCUT2D eigenvalue weighted by molar-refractivity contribution is 5.29. The van der Waals surface area contributed by atoms with Crippen LogP contribution in [0.4, 0.5) is 0 Å². The van der Waals surface area contributed by atoms with Crippen LogP contribution in [0.15, 0.2) is 0 Å². The first-order valence-electron chi connectivity index (χ1n) is 4.19. The minimum Gasteiger partial charge on any atom is -0.0619 e. The van der Waals surface area contributed by atoms with E-state index in [4.69, 9.17) is 0 Å². The third kappa shape index (κ3) is 0.281. The maximum Gasteiger partial charge on any atom is -0.0209 e. The Bertz CT molecular complexity index is 184. The van der Waals surface area contributed by atoms with E-state index < -0.39 is 0 Å². The molecular formula is C9H14. The van der Waals surface area contributed by atoms with Gasteiger partial charge in [0.2, 0.25) is 0 Å². The van der Waals surface area contributed by atoms with Gasteiger partial charge in [-0.3, -0.25) is 0 Å². The van der Waals surface area contributed by atoms with Gasteiger partial charge < -0.3 is 0 Å². The predicted octanol–water partition coefficient (Wildman–Crippen LogP) is 2.44. The van der Waals surface area contributed by atoms with Gasteiger partial charge in [0.05, 0.1) is 0 Å². The van der Waals surface area contributed by atoms with Crippen LogP contribution in [0.1, 0.15) is 33.1 Å². The van der Waals surface area contributed by atoms with Crippen molar-refractivity contribution in [3.63, 3.8) is 0 Å². The van der Waals surface area contributed by atoms with Crippen molar-refractivity contribution in [3.05, 3.63) is 0 Å². The second-order valence-electron chi connectivity index (χ2n) is 4.78. The van der Waals surface area contributed by atoms with Crippen molar-refractivity contribution in [2.24, 2.45) is 22.7 Å². The normalized spacial score (nSPS) is 75.3. The van der Waals surface area contributed by atoms with E-state index in [1.807, 2.05) is 0 Å². The Balaban J connectivity index is 1.98. The topological polar surface area (TPSA) is 0 Å². The SMILES string of the molecule is CC1CC12CC1CC12C. The zero-order chi connectivity index (χ0) is 6.28. The van der Waals surface area contributed by atoms with Gasteiger partial charge in [0.1, 0.15) is 0 Å². The Morgan fingerprint density at radius 3 is 2.00 bits per heavy atom. The van der Waals surface area contributed by atoms with Gasteiger partial charge in [0.25, 0.3) is 0 Å². The summed E-state index contributed by atoms with van der Waals surface area (Å²) in [6.45, 7) is 4.93. The van der Waals surface area contributed by atoms with Crippen molar-refractivity contribution in [2.75, 3.05) is 0 Å². The van der Waals surface area contributed by atoms with Gasteiger partial charge in [0, 0.05) is 0 Å². The van der Waals surface area contributed by atoms with Gasteiger partial charge in [-0.05, 0) is 41.9 Å². The predicted molar refractivity (Wildman–Crippen MR) is 37.0 cm³/mol. The molecule has 9 heavy (non-hydrogen) atoms. The monoisotopic (exact) mass is 122 g/mol. The second kappa shape index (κ2) is 0.889. The molecule has 3 aliphatic rings. The van der Waals surface area contributed by atoms with E-state index in [-0.39, 0.29) is 0 Å². The van der Waals surface area contributed by atoms with Gasteiger partial charge in [0.15, 0.2) is 0 Å². The zero-order valence-corrected chi connectivity index (χ0v) is 6.28. The van der Waals surface area contributed by atoms with Crippen LogP contribution in [0, 0.1) is 22.7 Å². The lowest BCUT2D eigenvalue weighted by atomic mass is 9.69. The van der Waals surface area contributed by atoms with Gasteiger partial charge >= 0.3 is 0 Å². The Labute approximate surface area is 56.6 Å². The average Bonchev–Trinajstić information content (AvgIpc) is 2.55. The van der Waals surface area contributed by atoms with Crippen LogP contribution >= 0.6 is 0 Å². The Morgan fingerprint density at radius 2 is 1.89 bits per heavy atom. The van der Waals surface area contributed by atoms with Crippen molar-refractivity contribution in [1.29, 1.82) is 0 Å². The molecule has 0 saturated heterocycles. The highest BCUT2D eigenvalue weighted by Crippen LogP contribution is 2.88. The molecule has 0 heteroatoms. The van der Waals surface area contributed by atoms with E-state index in [9.17, 15) is 0 Å². The third-order valence-electron chi connectivity index (χ3n) is 4.61. The lowest BCUT2D eigenvalue weighted by Crippen LogP contribution is -2.28. The maximum absolute atomic E-state index is 2.50. The molecule has 1 spiro atoms. The molecule has 0 aromatic rings. The molecule has 4 atom stereocenters. The van der Waals surface area contributed by atoms with Crippen molar-refractivity contribution >= 4 is 0 Å². The van der Waals surface area contributed by atoms with Gasteiger partial charge in [-0.1, -0.05) is 13.8 Å². The minimum atomic E-state index is 0.867. The molecule has 0 aliphatic heterocycles. The van der Waals surface area contributed by atoms with E-state index >= 15 is 0 Å². The standard InChI is InChI=1S/C9H14/c1-6-3-9(6)5-7-4-8(7,9)2/h6-7H,3-5H2,1-2H3. The van der Waals surface area contributed by atoms with Gasteiger partial charge in [-0.25, -0.2) is 0 Å². The fraction of sp³-hybridized carbons (Fsp3) is 1.00. The summed E-state index contributed by atoms with van der Waals surface area (Å²) in [6.07, 6.45) is 4.71. The fourth-order valence-corrected chi connectivity index (χ4v) is 3.47. The first-order chi connectivity index (χ1) is 4.19. The molecule has 3 aliphatic carbocycles. The fourth-order valence-electron chi connectivity index (χ4n) is 3.47. The summed E-state index contributed by atoms with van der Waals surface area (Å²) in [6, 6.07) is 0. The molecule has 0 nitrogen and oxygen atoms in total. The molecule has 0 heterocycles. The summed E-state index contributed by atoms with van der Waals surface area (Å²) >= 11 is 0. The van der Waals surface area contributed by atoms with Crippen molar-refractivity contribution < 1.29 is 0 Å². The molecule has 50 valence electrons. The van der Waals surface area contributed by atoms with E-state index in [2.05, 4.69) is 13.8 Å². The minimum absolute atomic E-state index is 0.867. The van der Waals surface area contributed by atoms with Crippen molar-refractivity contribution in [2.45, 2.75) is 33.1 Å². The lowest BCUT2D eigenvalue weighted by Gasteiger charge is -2.35. The molecular weight excluding hydrogens is 108 g/mol. The largest absolute Gasteiger partial charge is 0.0619 e. The van der Waals surface area contributed by atoms with Crippen LogP contribution in [0.3, 0.4) is 0 Å². The molecule has 4 unspecified atom stereocenters. The van der Waals surface area contributed by atoms with Gasteiger partial charge in [-0.2, -0.15) is 0 Å². The van der Waals surface area contributed by atoms with E-state index in [1.165, 1.54) is 5.92 Å². The number of rotatable bonds is 0. The Kier molecular flexibility index (Phi) is 0.470. The van der Waals surface area contributed by atoms with E-state index in [0.29, 0.717) is 0 Å². The lowest BCUT2D eigenvalue weighted by molar-refractivity contribution is 0.132. The molecule has 0 aromatic heterocycles. The molecule has 0 amide bonds. The van der Waals surface area contributed by atoms with Crippen molar-refractivity contribution in [1.82, 2.24) is 0 Å².